The number of thiophene rings is 1. The fraction of sp³-hybridized carbons (Fsp3) is 0.346. The second-order valence-electron chi connectivity index (χ2n) is 8.42. The molecule has 1 amide bonds. The first-order chi connectivity index (χ1) is 16.6. The van der Waals surface area contributed by atoms with Crippen molar-refractivity contribution < 1.29 is 14.3 Å². The maximum Gasteiger partial charge on any atom is 0.254 e. The summed E-state index contributed by atoms with van der Waals surface area (Å²) in [4.78, 5) is 21.3. The van der Waals surface area contributed by atoms with Gasteiger partial charge in [-0.15, -0.1) is 11.3 Å². The van der Waals surface area contributed by atoms with E-state index in [-0.39, 0.29) is 12.0 Å². The highest BCUT2D eigenvalue weighted by atomic mass is 32.1. The normalized spacial score (nSPS) is 14.5. The number of piperidine rings is 1. The van der Waals surface area contributed by atoms with E-state index in [2.05, 4.69) is 21.5 Å². The van der Waals surface area contributed by atoms with Gasteiger partial charge in [-0.05, 0) is 43.5 Å². The van der Waals surface area contributed by atoms with Gasteiger partial charge in [-0.1, -0.05) is 18.2 Å². The molecule has 1 aromatic carbocycles. The Hall–Kier alpha value is -3.39. The highest BCUT2D eigenvalue weighted by molar-refractivity contribution is 7.09. The fourth-order valence-corrected chi connectivity index (χ4v) is 5.05. The minimum absolute atomic E-state index is 0.0272. The standard InChI is InChI=1S/C26H28N4O3S/c1-3-32-23-8-4-5-9-24(23)33-19-10-12-29(13-11-19)26(31)21-15-18(2)28-25-22(21)16-27-30(25)17-20-7-6-14-34-20/h4-9,14-16,19H,3,10-13,17H2,1-2H3. The molecule has 0 bridgehead atoms. The number of aromatic nitrogens is 3. The summed E-state index contributed by atoms with van der Waals surface area (Å²) in [5, 5.41) is 7.39. The Bertz CT molecular complexity index is 1280. The summed E-state index contributed by atoms with van der Waals surface area (Å²) in [7, 11) is 0. The lowest BCUT2D eigenvalue weighted by atomic mass is 10.0. The zero-order chi connectivity index (χ0) is 23.5. The zero-order valence-electron chi connectivity index (χ0n) is 19.4. The van der Waals surface area contributed by atoms with Crippen LogP contribution in [0.1, 0.15) is 40.7 Å². The third-order valence-electron chi connectivity index (χ3n) is 6.03. The number of benzene rings is 1. The fourth-order valence-electron chi connectivity index (χ4n) is 4.36. The smallest absolute Gasteiger partial charge is 0.254 e. The van der Waals surface area contributed by atoms with E-state index in [1.807, 2.05) is 59.8 Å². The van der Waals surface area contributed by atoms with Crippen LogP contribution in [0.15, 0.2) is 54.0 Å². The quantitative estimate of drug-likeness (QED) is 0.378. The molecular weight excluding hydrogens is 448 g/mol. The predicted octanol–water partition coefficient (Wildman–Crippen LogP) is 4.93. The van der Waals surface area contributed by atoms with Crippen molar-refractivity contribution in [2.24, 2.45) is 0 Å². The lowest BCUT2D eigenvalue weighted by Crippen LogP contribution is -2.41. The van der Waals surface area contributed by atoms with E-state index in [0.717, 1.165) is 41.1 Å². The summed E-state index contributed by atoms with van der Waals surface area (Å²) in [6.45, 7) is 6.42. The summed E-state index contributed by atoms with van der Waals surface area (Å²) in [6.07, 6.45) is 3.37. The van der Waals surface area contributed by atoms with Crippen LogP contribution in [0.5, 0.6) is 11.5 Å². The summed E-state index contributed by atoms with van der Waals surface area (Å²) in [6, 6.07) is 13.7. The number of hydrogen-bond donors (Lipinski definition) is 0. The van der Waals surface area contributed by atoms with E-state index in [9.17, 15) is 4.79 Å². The molecule has 8 heteroatoms. The number of aryl methyl sites for hydroxylation is 1. The van der Waals surface area contributed by atoms with Gasteiger partial charge in [0.25, 0.3) is 5.91 Å². The predicted molar refractivity (Wildman–Crippen MR) is 133 cm³/mol. The van der Waals surface area contributed by atoms with Crippen LogP contribution in [0, 0.1) is 6.92 Å². The number of fused-ring (bicyclic) bond motifs is 1. The first kappa shape index (κ1) is 22.4. The molecule has 176 valence electrons. The van der Waals surface area contributed by atoms with Crippen molar-refractivity contribution in [3.63, 3.8) is 0 Å². The molecule has 1 fully saturated rings. The van der Waals surface area contributed by atoms with Crippen LogP contribution in [-0.2, 0) is 6.54 Å². The summed E-state index contributed by atoms with van der Waals surface area (Å²) >= 11 is 1.69. The average Bonchev–Trinajstić information content (AvgIpc) is 3.51. The zero-order valence-corrected chi connectivity index (χ0v) is 20.3. The minimum Gasteiger partial charge on any atom is -0.490 e. The molecule has 34 heavy (non-hydrogen) atoms. The van der Waals surface area contributed by atoms with Crippen molar-refractivity contribution in [2.75, 3.05) is 19.7 Å². The third-order valence-corrected chi connectivity index (χ3v) is 6.89. The first-order valence-corrected chi connectivity index (χ1v) is 12.5. The van der Waals surface area contributed by atoms with E-state index < -0.39 is 0 Å². The largest absolute Gasteiger partial charge is 0.490 e. The number of nitrogens with zero attached hydrogens (tertiary/aromatic N) is 4. The maximum absolute atomic E-state index is 13.5. The first-order valence-electron chi connectivity index (χ1n) is 11.7. The topological polar surface area (TPSA) is 69.5 Å². The molecule has 3 aromatic heterocycles. The molecule has 1 saturated heterocycles. The molecule has 0 N–H and O–H groups in total. The Labute approximate surface area is 202 Å². The molecule has 5 rings (SSSR count). The number of carbonyl (C=O) groups excluding carboxylic acids is 1. The van der Waals surface area contributed by atoms with E-state index in [1.54, 1.807) is 17.5 Å². The second kappa shape index (κ2) is 9.85. The highest BCUT2D eigenvalue weighted by Gasteiger charge is 2.27. The molecule has 0 atom stereocenters. The van der Waals surface area contributed by atoms with Gasteiger partial charge in [0.2, 0.25) is 0 Å². The van der Waals surface area contributed by atoms with Gasteiger partial charge in [0, 0.05) is 36.5 Å². The minimum atomic E-state index is 0.0272. The molecule has 0 spiro atoms. The number of rotatable bonds is 7. The van der Waals surface area contributed by atoms with Crippen molar-refractivity contribution in [3.8, 4) is 11.5 Å². The van der Waals surface area contributed by atoms with Crippen LogP contribution in [0.25, 0.3) is 11.0 Å². The van der Waals surface area contributed by atoms with Crippen LogP contribution < -0.4 is 9.47 Å². The van der Waals surface area contributed by atoms with Crippen molar-refractivity contribution in [1.82, 2.24) is 19.7 Å². The lowest BCUT2D eigenvalue weighted by molar-refractivity contribution is 0.0591. The van der Waals surface area contributed by atoms with Crippen molar-refractivity contribution in [2.45, 2.75) is 39.3 Å². The Morgan fingerprint density at radius 1 is 1.15 bits per heavy atom. The van der Waals surface area contributed by atoms with Gasteiger partial charge in [0.05, 0.1) is 30.3 Å². The molecule has 0 aliphatic carbocycles. The number of hydrogen-bond acceptors (Lipinski definition) is 6. The van der Waals surface area contributed by atoms with Crippen LogP contribution in [0.2, 0.25) is 0 Å². The van der Waals surface area contributed by atoms with E-state index >= 15 is 0 Å². The van der Waals surface area contributed by atoms with E-state index in [1.165, 1.54) is 4.88 Å². The molecule has 4 aromatic rings. The number of carbonyl (C=O) groups is 1. The third kappa shape index (κ3) is 4.63. The molecule has 1 aliphatic heterocycles. The highest BCUT2D eigenvalue weighted by Crippen LogP contribution is 2.30. The van der Waals surface area contributed by atoms with Gasteiger partial charge < -0.3 is 14.4 Å². The number of pyridine rings is 1. The summed E-state index contributed by atoms with van der Waals surface area (Å²) in [5.74, 6) is 1.55. The van der Waals surface area contributed by atoms with Gasteiger partial charge in [0.15, 0.2) is 17.1 Å². The molecule has 0 saturated carbocycles. The maximum atomic E-state index is 13.5. The van der Waals surface area contributed by atoms with Crippen molar-refractivity contribution in [3.05, 3.63) is 70.2 Å². The van der Waals surface area contributed by atoms with Gasteiger partial charge >= 0.3 is 0 Å². The number of para-hydroxylation sites is 2. The monoisotopic (exact) mass is 476 g/mol. The number of likely N-dealkylation sites (tertiary alicyclic amines) is 1. The molecule has 7 nitrogen and oxygen atoms in total. The van der Waals surface area contributed by atoms with Crippen LogP contribution in [-0.4, -0.2) is 51.4 Å². The number of ether oxygens (including phenoxy) is 2. The van der Waals surface area contributed by atoms with Gasteiger partial charge in [0.1, 0.15) is 6.10 Å². The lowest BCUT2D eigenvalue weighted by Gasteiger charge is -2.32. The van der Waals surface area contributed by atoms with Crippen LogP contribution in [0.4, 0.5) is 0 Å². The Morgan fingerprint density at radius 3 is 2.68 bits per heavy atom. The van der Waals surface area contributed by atoms with Gasteiger partial charge in [-0.2, -0.15) is 5.10 Å². The van der Waals surface area contributed by atoms with Crippen LogP contribution in [0.3, 0.4) is 0 Å². The van der Waals surface area contributed by atoms with E-state index in [0.29, 0.717) is 31.8 Å². The Balaban J connectivity index is 1.29. The van der Waals surface area contributed by atoms with E-state index in [4.69, 9.17) is 9.47 Å². The summed E-state index contributed by atoms with van der Waals surface area (Å²) < 4.78 is 13.8. The van der Waals surface area contributed by atoms with Gasteiger partial charge in [-0.25, -0.2) is 9.67 Å². The number of amides is 1. The average molecular weight is 477 g/mol. The van der Waals surface area contributed by atoms with Crippen molar-refractivity contribution >= 4 is 28.3 Å². The molecular formula is C26H28N4O3S. The SMILES string of the molecule is CCOc1ccccc1OC1CCN(C(=O)c2cc(C)nc3c2cnn3Cc2cccs2)CC1. The summed E-state index contributed by atoms with van der Waals surface area (Å²) in [5.41, 5.74) is 2.23. The second-order valence-corrected chi connectivity index (χ2v) is 9.45. The van der Waals surface area contributed by atoms with Crippen molar-refractivity contribution in [1.29, 1.82) is 0 Å². The molecule has 1 aliphatic rings. The van der Waals surface area contributed by atoms with Crippen LogP contribution >= 0.6 is 11.3 Å². The molecule has 4 heterocycles. The molecule has 0 radical (unpaired) electrons. The van der Waals surface area contributed by atoms with Gasteiger partial charge in [-0.3, -0.25) is 4.79 Å². The molecule has 0 unspecified atom stereocenters. The Kier molecular flexibility index (Phi) is 6.49. The Morgan fingerprint density at radius 2 is 1.94 bits per heavy atom.